The molecule has 1 aliphatic rings. The van der Waals surface area contributed by atoms with Crippen molar-refractivity contribution in [2.24, 2.45) is 5.14 Å². The summed E-state index contributed by atoms with van der Waals surface area (Å²) in [7, 11) is -2.81. The molecule has 1 heterocycles. The van der Waals surface area contributed by atoms with E-state index in [1.54, 1.807) is 24.3 Å². The van der Waals surface area contributed by atoms with Gasteiger partial charge in [0, 0.05) is 0 Å². The normalized spacial score (nSPS) is 14.7. The lowest BCUT2D eigenvalue weighted by Crippen LogP contribution is -2.46. The van der Waals surface area contributed by atoms with Crippen molar-refractivity contribution in [1.82, 2.24) is 10.6 Å². The van der Waals surface area contributed by atoms with Crippen LogP contribution < -0.4 is 30.0 Å². The zero-order valence-electron chi connectivity index (χ0n) is 17.4. The van der Waals surface area contributed by atoms with Gasteiger partial charge in [-0.2, -0.15) is 0 Å². The van der Waals surface area contributed by atoms with Crippen LogP contribution in [0.25, 0.3) is 0 Å². The van der Waals surface area contributed by atoms with E-state index in [2.05, 4.69) is 5.32 Å². The Balaban J connectivity index is 1.47. The van der Waals surface area contributed by atoms with Crippen LogP contribution in [0.4, 0.5) is 4.79 Å². The summed E-state index contributed by atoms with van der Waals surface area (Å²) in [6.07, 6.45) is -0.461. The van der Waals surface area contributed by atoms with Crippen molar-refractivity contribution in [2.45, 2.75) is 11.0 Å². The number of carbonyl (C=O) groups is 3. The zero-order valence-corrected chi connectivity index (χ0v) is 18.2. The number of nitrogens with two attached hydrogens (primary N) is 1. The van der Waals surface area contributed by atoms with E-state index in [9.17, 15) is 22.8 Å². The first-order chi connectivity index (χ1) is 15.7. The third-order valence-corrected chi connectivity index (χ3v) is 5.28. The number of amides is 3. The van der Waals surface area contributed by atoms with Gasteiger partial charge in [-0.05, 0) is 30.3 Å². The van der Waals surface area contributed by atoms with E-state index in [0.29, 0.717) is 11.5 Å². The molecule has 13 heteroatoms. The molecule has 33 heavy (non-hydrogen) atoms. The van der Waals surface area contributed by atoms with Gasteiger partial charge < -0.3 is 24.3 Å². The number of rotatable bonds is 7. The van der Waals surface area contributed by atoms with Gasteiger partial charge in [-0.3, -0.25) is 10.1 Å². The average Bonchev–Trinajstić information content (AvgIpc) is 2.80. The Labute approximate surface area is 189 Å². The first-order valence-electron chi connectivity index (χ1n) is 9.51. The Bertz CT molecular complexity index is 1170. The Morgan fingerprint density at radius 2 is 1.88 bits per heavy atom. The molecule has 0 saturated carbocycles. The topological polar surface area (TPSA) is 172 Å². The van der Waals surface area contributed by atoms with E-state index in [0.717, 1.165) is 12.1 Å². The highest BCUT2D eigenvalue weighted by Crippen LogP contribution is 2.30. The van der Waals surface area contributed by atoms with Crippen LogP contribution in [0.1, 0.15) is 10.4 Å². The molecule has 2 aromatic rings. The van der Waals surface area contributed by atoms with Crippen LogP contribution in [0.2, 0.25) is 0 Å². The van der Waals surface area contributed by atoms with Crippen molar-refractivity contribution in [1.29, 1.82) is 0 Å². The van der Waals surface area contributed by atoms with Gasteiger partial charge in [0.1, 0.15) is 17.9 Å². The predicted molar refractivity (Wildman–Crippen MR) is 113 cm³/mol. The Kier molecular flexibility index (Phi) is 7.35. The highest BCUT2D eigenvalue weighted by Gasteiger charge is 2.22. The largest absolute Gasteiger partial charge is 0.496 e. The molecule has 12 nitrogen and oxygen atoms in total. The highest BCUT2D eigenvalue weighted by atomic mass is 32.2. The summed E-state index contributed by atoms with van der Waals surface area (Å²) in [5.41, 5.74) is -0.254. The van der Waals surface area contributed by atoms with Gasteiger partial charge in [0.25, 0.3) is 5.91 Å². The van der Waals surface area contributed by atoms with E-state index in [1.165, 1.54) is 13.2 Å². The molecule has 0 fully saturated rings. The molecule has 0 bridgehead atoms. The number of esters is 1. The molecular formula is C20H21N3O9S. The number of hydrogen-bond donors (Lipinski definition) is 3. The Hall–Kier alpha value is -3.84. The minimum atomic E-state index is -4.08. The average molecular weight is 479 g/mol. The summed E-state index contributed by atoms with van der Waals surface area (Å²) in [4.78, 5) is 35.8. The lowest BCUT2D eigenvalue weighted by atomic mass is 10.2. The molecule has 3 rings (SSSR count). The molecule has 0 radical (unpaired) electrons. The number of carbonyl (C=O) groups excluding carboxylic acids is 3. The van der Waals surface area contributed by atoms with Gasteiger partial charge in [0.05, 0.1) is 18.6 Å². The third kappa shape index (κ3) is 6.33. The van der Waals surface area contributed by atoms with Crippen LogP contribution >= 0.6 is 0 Å². The summed E-state index contributed by atoms with van der Waals surface area (Å²) >= 11 is 0. The molecule has 0 aliphatic carbocycles. The smallest absolute Gasteiger partial charge is 0.342 e. The molecule has 0 saturated heterocycles. The number of primary sulfonamides is 1. The van der Waals surface area contributed by atoms with Gasteiger partial charge in [-0.1, -0.05) is 12.1 Å². The number of benzene rings is 2. The first kappa shape index (κ1) is 23.8. The number of fused-ring (bicyclic) bond motifs is 1. The number of sulfonamides is 1. The van der Waals surface area contributed by atoms with Crippen LogP contribution in [-0.4, -0.2) is 59.3 Å². The molecule has 0 spiro atoms. The van der Waals surface area contributed by atoms with Crippen molar-refractivity contribution in [3.63, 3.8) is 0 Å². The molecular weight excluding hydrogens is 458 g/mol. The van der Waals surface area contributed by atoms with Crippen molar-refractivity contribution >= 4 is 27.9 Å². The zero-order chi connectivity index (χ0) is 24.0. The minimum absolute atomic E-state index is 0.0156. The van der Waals surface area contributed by atoms with Crippen LogP contribution in [0.5, 0.6) is 17.2 Å². The molecule has 1 aliphatic heterocycles. The van der Waals surface area contributed by atoms with Gasteiger partial charge >= 0.3 is 12.0 Å². The number of ether oxygens (including phenoxy) is 4. The van der Waals surface area contributed by atoms with Gasteiger partial charge in [-0.15, -0.1) is 0 Å². The van der Waals surface area contributed by atoms with Crippen molar-refractivity contribution in [2.75, 3.05) is 26.9 Å². The second kappa shape index (κ2) is 10.2. The van der Waals surface area contributed by atoms with Crippen LogP contribution in [-0.2, 0) is 19.6 Å². The molecule has 1 atom stereocenters. The van der Waals surface area contributed by atoms with Crippen molar-refractivity contribution in [3.05, 3.63) is 48.0 Å². The summed E-state index contributed by atoms with van der Waals surface area (Å²) < 4.78 is 44.0. The van der Waals surface area contributed by atoms with E-state index in [1.807, 2.05) is 5.32 Å². The highest BCUT2D eigenvalue weighted by molar-refractivity contribution is 7.89. The summed E-state index contributed by atoms with van der Waals surface area (Å²) in [6, 6.07) is 9.59. The monoisotopic (exact) mass is 479 g/mol. The van der Waals surface area contributed by atoms with E-state index in [4.69, 9.17) is 24.1 Å². The minimum Gasteiger partial charge on any atom is -0.496 e. The van der Waals surface area contributed by atoms with E-state index >= 15 is 0 Å². The molecule has 176 valence electrons. The van der Waals surface area contributed by atoms with Crippen LogP contribution in [0.15, 0.2) is 47.4 Å². The van der Waals surface area contributed by atoms with E-state index in [-0.39, 0.29) is 29.4 Å². The van der Waals surface area contributed by atoms with Gasteiger partial charge in [-0.25, -0.2) is 23.1 Å². The first-order valence-corrected chi connectivity index (χ1v) is 11.1. The predicted octanol–water partition coefficient (Wildman–Crippen LogP) is 0.165. The summed E-state index contributed by atoms with van der Waals surface area (Å²) in [5, 5.41) is 9.51. The SMILES string of the molecule is COc1ccc(S(N)(=O)=O)cc1C(=O)OCC(=O)NC(=O)NCC1COc2ccccc2O1. The maximum atomic E-state index is 12.3. The standard InChI is InChI=1S/C20H21N3O9S/c1-29-15-7-6-13(33(21,27)28)8-14(15)19(25)31-11-18(24)23-20(26)22-9-12-10-30-16-4-2-3-5-17(16)32-12/h2-8,12H,9-11H2,1H3,(H2,21,27,28)(H2,22,23,24,26). The van der Waals surface area contributed by atoms with Gasteiger partial charge in [0.15, 0.2) is 24.2 Å². The fourth-order valence-electron chi connectivity index (χ4n) is 2.81. The fourth-order valence-corrected chi connectivity index (χ4v) is 3.35. The molecule has 3 amide bonds. The summed E-state index contributed by atoms with van der Waals surface area (Å²) in [5.74, 6) is -0.794. The Morgan fingerprint density at radius 3 is 2.58 bits per heavy atom. The van der Waals surface area contributed by atoms with E-state index < -0.39 is 40.6 Å². The summed E-state index contributed by atoms with van der Waals surface area (Å²) in [6.45, 7) is -0.529. The number of nitrogens with one attached hydrogen (secondary N) is 2. The quantitative estimate of drug-likeness (QED) is 0.468. The number of methoxy groups -OCH3 is 1. The van der Waals surface area contributed by atoms with Crippen LogP contribution in [0.3, 0.4) is 0 Å². The maximum absolute atomic E-state index is 12.3. The second-order valence-electron chi connectivity index (χ2n) is 6.74. The van der Waals surface area contributed by atoms with Gasteiger partial charge in [0.2, 0.25) is 10.0 Å². The lowest BCUT2D eigenvalue weighted by molar-refractivity contribution is -0.123. The Morgan fingerprint density at radius 1 is 1.15 bits per heavy atom. The number of imide groups is 1. The fraction of sp³-hybridized carbons (Fsp3) is 0.250. The number of para-hydroxylation sites is 2. The number of urea groups is 1. The molecule has 1 unspecified atom stereocenters. The van der Waals surface area contributed by atoms with Crippen molar-refractivity contribution < 1.29 is 41.7 Å². The third-order valence-electron chi connectivity index (χ3n) is 4.36. The molecule has 4 N–H and O–H groups in total. The lowest BCUT2D eigenvalue weighted by Gasteiger charge is -2.26. The van der Waals surface area contributed by atoms with Crippen LogP contribution in [0, 0.1) is 0 Å². The van der Waals surface area contributed by atoms with Crippen molar-refractivity contribution in [3.8, 4) is 17.2 Å². The second-order valence-corrected chi connectivity index (χ2v) is 8.30. The maximum Gasteiger partial charge on any atom is 0.342 e. The number of hydrogen-bond acceptors (Lipinski definition) is 9. The molecule has 0 aromatic heterocycles. The molecule has 2 aromatic carbocycles.